The normalized spacial score (nSPS) is 23.3. The predicted molar refractivity (Wildman–Crippen MR) is 113 cm³/mol. The van der Waals surface area contributed by atoms with Crippen molar-refractivity contribution < 1.29 is 19.1 Å². The Hall–Kier alpha value is -1.44. The first-order valence-corrected chi connectivity index (χ1v) is 11.4. The number of hydrogen-bond acceptors (Lipinski definition) is 5. The number of rotatable bonds is 5. The zero-order valence-corrected chi connectivity index (χ0v) is 18.7. The molecular formula is C22H32N2O4S. The predicted octanol–water partition coefficient (Wildman–Crippen LogP) is 3.60. The van der Waals surface area contributed by atoms with E-state index < -0.39 is 0 Å². The zero-order chi connectivity index (χ0) is 20.8. The SMILES string of the molecule is CC1(C)C(C(=O)Nc2sc3c(c2C(=O)NCC2CCOCC2)CCOC3)C1(C)C. The molecule has 1 saturated heterocycles. The summed E-state index contributed by atoms with van der Waals surface area (Å²) in [6.45, 7) is 11.8. The smallest absolute Gasteiger partial charge is 0.254 e. The van der Waals surface area contributed by atoms with E-state index in [4.69, 9.17) is 9.47 Å². The fourth-order valence-electron chi connectivity index (χ4n) is 4.87. The molecule has 160 valence electrons. The van der Waals surface area contributed by atoms with Crippen LogP contribution in [0.2, 0.25) is 0 Å². The molecule has 0 radical (unpaired) electrons. The Labute approximate surface area is 176 Å². The number of nitrogens with one attached hydrogen (secondary N) is 2. The molecule has 1 saturated carbocycles. The number of carbonyl (C=O) groups is 2. The molecule has 0 spiro atoms. The van der Waals surface area contributed by atoms with Crippen molar-refractivity contribution >= 4 is 28.2 Å². The van der Waals surface area contributed by atoms with Gasteiger partial charge in [-0.15, -0.1) is 11.3 Å². The molecule has 1 aromatic rings. The minimum Gasteiger partial charge on any atom is -0.381 e. The van der Waals surface area contributed by atoms with E-state index in [0.717, 1.165) is 36.5 Å². The average Bonchev–Trinajstić information content (AvgIpc) is 2.95. The summed E-state index contributed by atoms with van der Waals surface area (Å²) in [6.07, 6.45) is 2.67. The second kappa shape index (κ2) is 7.67. The zero-order valence-electron chi connectivity index (χ0n) is 17.9. The molecule has 7 heteroatoms. The molecule has 6 nitrogen and oxygen atoms in total. The molecule has 1 aliphatic carbocycles. The molecule has 3 aliphatic rings. The Morgan fingerprint density at radius 3 is 2.41 bits per heavy atom. The van der Waals surface area contributed by atoms with Crippen molar-refractivity contribution in [2.24, 2.45) is 22.7 Å². The Morgan fingerprint density at radius 1 is 1.07 bits per heavy atom. The molecule has 0 atom stereocenters. The van der Waals surface area contributed by atoms with Crippen LogP contribution in [0.25, 0.3) is 0 Å². The highest BCUT2D eigenvalue weighted by Crippen LogP contribution is 2.68. The van der Waals surface area contributed by atoms with Crippen molar-refractivity contribution in [3.8, 4) is 0 Å². The van der Waals surface area contributed by atoms with E-state index in [0.29, 0.717) is 42.7 Å². The molecule has 2 amide bonds. The van der Waals surface area contributed by atoms with E-state index in [1.807, 2.05) is 0 Å². The van der Waals surface area contributed by atoms with Gasteiger partial charge in [-0.1, -0.05) is 27.7 Å². The van der Waals surface area contributed by atoms with Gasteiger partial charge in [-0.3, -0.25) is 9.59 Å². The molecule has 0 aromatic carbocycles. The lowest BCUT2D eigenvalue weighted by atomic mass is 10.00. The molecular weight excluding hydrogens is 388 g/mol. The van der Waals surface area contributed by atoms with Crippen molar-refractivity contribution in [3.63, 3.8) is 0 Å². The van der Waals surface area contributed by atoms with Gasteiger partial charge in [-0.05, 0) is 41.6 Å². The van der Waals surface area contributed by atoms with Crippen LogP contribution in [0.4, 0.5) is 5.00 Å². The summed E-state index contributed by atoms with van der Waals surface area (Å²) < 4.78 is 11.0. The lowest BCUT2D eigenvalue weighted by Crippen LogP contribution is -2.33. The summed E-state index contributed by atoms with van der Waals surface area (Å²) in [7, 11) is 0. The third kappa shape index (κ3) is 3.73. The maximum atomic E-state index is 13.1. The van der Waals surface area contributed by atoms with Crippen LogP contribution < -0.4 is 10.6 Å². The maximum absolute atomic E-state index is 13.1. The molecule has 2 N–H and O–H groups in total. The summed E-state index contributed by atoms with van der Waals surface area (Å²) in [4.78, 5) is 27.2. The minimum atomic E-state index is -0.0829. The quantitative estimate of drug-likeness (QED) is 0.763. The molecule has 1 aromatic heterocycles. The van der Waals surface area contributed by atoms with Crippen LogP contribution in [0.3, 0.4) is 0 Å². The number of amides is 2. The maximum Gasteiger partial charge on any atom is 0.254 e. The van der Waals surface area contributed by atoms with E-state index >= 15 is 0 Å². The van der Waals surface area contributed by atoms with E-state index in [-0.39, 0.29) is 28.6 Å². The number of anilines is 1. The fraction of sp³-hybridized carbons (Fsp3) is 0.727. The molecule has 4 rings (SSSR count). The van der Waals surface area contributed by atoms with Crippen LogP contribution in [-0.2, 0) is 27.3 Å². The second-order valence-electron chi connectivity index (χ2n) is 9.64. The van der Waals surface area contributed by atoms with Crippen LogP contribution in [0.1, 0.15) is 61.3 Å². The van der Waals surface area contributed by atoms with Gasteiger partial charge in [0.25, 0.3) is 5.91 Å². The lowest BCUT2D eigenvalue weighted by molar-refractivity contribution is -0.118. The summed E-state index contributed by atoms with van der Waals surface area (Å²) >= 11 is 1.49. The first-order valence-electron chi connectivity index (χ1n) is 10.6. The van der Waals surface area contributed by atoms with Gasteiger partial charge in [-0.25, -0.2) is 0 Å². The van der Waals surface area contributed by atoms with Gasteiger partial charge in [0.05, 0.1) is 18.8 Å². The topological polar surface area (TPSA) is 76.7 Å². The Bertz CT molecular complexity index is 794. The average molecular weight is 421 g/mol. The van der Waals surface area contributed by atoms with E-state index in [9.17, 15) is 9.59 Å². The molecule has 2 aliphatic heterocycles. The summed E-state index contributed by atoms with van der Waals surface area (Å²) in [6, 6.07) is 0. The van der Waals surface area contributed by atoms with Gasteiger partial charge in [0.2, 0.25) is 5.91 Å². The Morgan fingerprint density at radius 2 is 1.76 bits per heavy atom. The van der Waals surface area contributed by atoms with E-state index in [1.165, 1.54) is 11.3 Å². The van der Waals surface area contributed by atoms with Crippen molar-refractivity contribution in [2.75, 3.05) is 31.7 Å². The standard InChI is InChI=1S/C22H32N2O4S/c1-21(2)17(22(21,3)4)19(26)24-20-16(14-7-10-28-12-15(14)29-20)18(25)23-11-13-5-8-27-9-6-13/h13,17H,5-12H2,1-4H3,(H,23,25)(H,24,26). The molecule has 3 heterocycles. The molecule has 0 bridgehead atoms. The van der Waals surface area contributed by atoms with Crippen LogP contribution in [0.15, 0.2) is 0 Å². The lowest BCUT2D eigenvalue weighted by Gasteiger charge is -2.22. The third-order valence-corrected chi connectivity index (χ3v) is 8.58. The summed E-state index contributed by atoms with van der Waals surface area (Å²) in [5.41, 5.74) is 1.60. The van der Waals surface area contributed by atoms with Gasteiger partial charge in [0.15, 0.2) is 0 Å². The van der Waals surface area contributed by atoms with Crippen LogP contribution in [0, 0.1) is 22.7 Å². The largest absolute Gasteiger partial charge is 0.381 e. The number of hydrogen-bond donors (Lipinski definition) is 2. The van der Waals surface area contributed by atoms with Crippen LogP contribution in [0.5, 0.6) is 0 Å². The van der Waals surface area contributed by atoms with Gasteiger partial charge < -0.3 is 20.1 Å². The highest BCUT2D eigenvalue weighted by atomic mass is 32.1. The molecule has 29 heavy (non-hydrogen) atoms. The van der Waals surface area contributed by atoms with Gasteiger partial charge in [0.1, 0.15) is 5.00 Å². The monoisotopic (exact) mass is 420 g/mol. The highest BCUT2D eigenvalue weighted by molar-refractivity contribution is 7.17. The van der Waals surface area contributed by atoms with Gasteiger partial charge in [-0.2, -0.15) is 0 Å². The molecule has 2 fully saturated rings. The highest BCUT2D eigenvalue weighted by Gasteiger charge is 2.68. The minimum absolute atomic E-state index is 0.0120. The second-order valence-corrected chi connectivity index (χ2v) is 10.7. The van der Waals surface area contributed by atoms with Crippen molar-refractivity contribution in [1.29, 1.82) is 0 Å². The molecule has 0 unspecified atom stereocenters. The third-order valence-electron chi connectivity index (χ3n) is 7.46. The first kappa shape index (κ1) is 20.8. The number of fused-ring (bicyclic) bond motifs is 1. The van der Waals surface area contributed by atoms with Crippen molar-refractivity contribution in [2.45, 2.75) is 53.6 Å². The first-order chi connectivity index (χ1) is 13.7. The van der Waals surface area contributed by atoms with Crippen molar-refractivity contribution in [1.82, 2.24) is 5.32 Å². The Balaban J connectivity index is 1.52. The van der Waals surface area contributed by atoms with E-state index in [1.54, 1.807) is 0 Å². The van der Waals surface area contributed by atoms with Crippen LogP contribution in [-0.4, -0.2) is 38.2 Å². The van der Waals surface area contributed by atoms with Crippen molar-refractivity contribution in [3.05, 3.63) is 16.0 Å². The fourth-order valence-corrected chi connectivity index (χ4v) is 6.06. The number of carbonyl (C=O) groups excluding carboxylic acids is 2. The van der Waals surface area contributed by atoms with E-state index in [2.05, 4.69) is 38.3 Å². The summed E-state index contributed by atoms with van der Waals surface area (Å²) in [5, 5.41) is 6.89. The van der Waals surface area contributed by atoms with Gasteiger partial charge in [0, 0.05) is 30.6 Å². The van der Waals surface area contributed by atoms with Crippen LogP contribution >= 0.6 is 11.3 Å². The number of thiophene rings is 1. The van der Waals surface area contributed by atoms with Gasteiger partial charge >= 0.3 is 0 Å². The summed E-state index contributed by atoms with van der Waals surface area (Å²) in [5.74, 6) is 0.332. The number of ether oxygens (including phenoxy) is 2. The Kier molecular flexibility index (Phi) is 5.51.